The molecule has 1 aromatic heterocycles. The van der Waals surface area contributed by atoms with Crippen LogP contribution in [0.5, 0.6) is 0 Å². The molecule has 9 heteroatoms. The molecular formula is C29H41N7O2. The van der Waals surface area contributed by atoms with Crippen LogP contribution in [0, 0.1) is 0 Å². The average molecular weight is 520 g/mol. The summed E-state index contributed by atoms with van der Waals surface area (Å²) >= 11 is 0. The quantitative estimate of drug-likeness (QED) is 0.538. The standard InChI is InChI=1S/C29H41N7O2/c1-22(37)23-8-10-24(11-9-23)32-29(38)35-19-13-26(14-20-35)36-18-6-7-25(21-36)31-28-30-15-12-27(33-28)34-16-4-2-3-5-17-34/h8-12,15,25-26H,2-7,13-14,16-21H2,1H3,(H,32,38)(H,30,31,33). The van der Waals surface area contributed by atoms with Crippen LogP contribution >= 0.6 is 0 Å². The van der Waals surface area contributed by atoms with Crippen LogP contribution in [0.15, 0.2) is 36.5 Å². The van der Waals surface area contributed by atoms with Gasteiger partial charge < -0.3 is 20.4 Å². The molecule has 3 saturated heterocycles. The van der Waals surface area contributed by atoms with Gasteiger partial charge in [0.25, 0.3) is 0 Å². The first-order valence-corrected chi connectivity index (χ1v) is 14.3. The van der Waals surface area contributed by atoms with Crippen molar-refractivity contribution in [2.24, 2.45) is 0 Å². The predicted octanol–water partition coefficient (Wildman–Crippen LogP) is 4.63. The molecule has 0 bridgehead atoms. The van der Waals surface area contributed by atoms with Gasteiger partial charge in [0.2, 0.25) is 5.95 Å². The SMILES string of the molecule is CC(=O)c1ccc(NC(=O)N2CCC(N3CCCC(Nc4nccc(N5CCCCCC5)n4)C3)CC2)cc1. The monoisotopic (exact) mass is 519 g/mol. The second-order valence-corrected chi connectivity index (χ2v) is 10.9. The highest BCUT2D eigenvalue weighted by molar-refractivity contribution is 5.95. The fraction of sp³-hybridized carbons (Fsp3) is 0.586. The summed E-state index contributed by atoms with van der Waals surface area (Å²) in [5, 5.41) is 6.60. The number of ketones is 1. The Balaban J connectivity index is 1.10. The minimum absolute atomic E-state index is 0.0222. The van der Waals surface area contributed by atoms with E-state index in [1.54, 1.807) is 31.2 Å². The highest BCUT2D eigenvalue weighted by atomic mass is 16.2. The fourth-order valence-electron chi connectivity index (χ4n) is 5.96. The lowest BCUT2D eigenvalue weighted by molar-refractivity contribution is 0.0996. The van der Waals surface area contributed by atoms with Crippen molar-refractivity contribution >= 4 is 29.3 Å². The first-order chi connectivity index (χ1) is 18.5. The van der Waals surface area contributed by atoms with E-state index in [2.05, 4.69) is 25.4 Å². The number of rotatable bonds is 6. The number of hydrogen-bond donors (Lipinski definition) is 2. The van der Waals surface area contributed by atoms with E-state index in [4.69, 9.17) is 4.98 Å². The van der Waals surface area contributed by atoms with Gasteiger partial charge in [-0.1, -0.05) is 12.8 Å². The molecule has 2 aromatic rings. The molecule has 5 rings (SSSR count). The molecule has 9 nitrogen and oxygen atoms in total. The van der Waals surface area contributed by atoms with E-state index in [1.165, 1.54) is 25.7 Å². The van der Waals surface area contributed by atoms with E-state index < -0.39 is 0 Å². The first kappa shape index (κ1) is 26.4. The molecule has 1 atom stereocenters. The molecule has 38 heavy (non-hydrogen) atoms. The summed E-state index contributed by atoms with van der Waals surface area (Å²) in [5.74, 6) is 1.80. The second kappa shape index (κ2) is 12.6. The van der Waals surface area contributed by atoms with Crippen LogP contribution < -0.4 is 15.5 Å². The van der Waals surface area contributed by atoms with Gasteiger partial charge in [0, 0.05) is 62.3 Å². The van der Waals surface area contributed by atoms with E-state index in [9.17, 15) is 9.59 Å². The fourth-order valence-corrected chi connectivity index (χ4v) is 5.96. The second-order valence-electron chi connectivity index (χ2n) is 10.9. The highest BCUT2D eigenvalue weighted by Crippen LogP contribution is 2.24. The number of piperidine rings is 2. The Morgan fingerprint density at radius 1 is 0.868 bits per heavy atom. The van der Waals surface area contributed by atoms with Gasteiger partial charge in [0.05, 0.1) is 0 Å². The van der Waals surface area contributed by atoms with Crippen molar-refractivity contribution in [3.63, 3.8) is 0 Å². The number of nitrogens with zero attached hydrogens (tertiary/aromatic N) is 5. The molecule has 0 spiro atoms. The Hall–Kier alpha value is -3.20. The maximum Gasteiger partial charge on any atom is 0.321 e. The van der Waals surface area contributed by atoms with Gasteiger partial charge in [0.1, 0.15) is 5.82 Å². The number of carbonyl (C=O) groups is 2. The van der Waals surface area contributed by atoms with Crippen molar-refractivity contribution in [1.29, 1.82) is 0 Å². The largest absolute Gasteiger partial charge is 0.356 e. The smallest absolute Gasteiger partial charge is 0.321 e. The summed E-state index contributed by atoms with van der Waals surface area (Å²) in [6.07, 6.45) is 11.2. The van der Waals surface area contributed by atoms with Crippen molar-refractivity contribution in [1.82, 2.24) is 19.8 Å². The molecule has 3 aliphatic heterocycles. The molecule has 0 aliphatic carbocycles. The summed E-state index contributed by atoms with van der Waals surface area (Å²) < 4.78 is 0. The van der Waals surface area contributed by atoms with E-state index in [0.29, 0.717) is 23.3 Å². The van der Waals surface area contributed by atoms with Gasteiger partial charge in [-0.05, 0) is 82.3 Å². The maximum absolute atomic E-state index is 12.8. The minimum Gasteiger partial charge on any atom is -0.356 e. The van der Waals surface area contributed by atoms with Crippen LogP contribution in [-0.4, -0.2) is 82.9 Å². The topological polar surface area (TPSA) is 93.7 Å². The summed E-state index contributed by atoms with van der Waals surface area (Å²) in [6.45, 7) is 7.28. The minimum atomic E-state index is -0.0707. The number of aromatic nitrogens is 2. The molecule has 0 radical (unpaired) electrons. The Labute approximate surface area is 226 Å². The third-order valence-electron chi connectivity index (χ3n) is 8.17. The van der Waals surface area contributed by atoms with E-state index in [1.807, 2.05) is 17.2 Å². The number of Topliss-reactive ketones (excluding diaryl/α,β-unsaturated/α-hetero) is 1. The first-order valence-electron chi connectivity index (χ1n) is 14.3. The van der Waals surface area contributed by atoms with E-state index >= 15 is 0 Å². The number of anilines is 3. The van der Waals surface area contributed by atoms with Gasteiger partial charge in [-0.15, -0.1) is 0 Å². The van der Waals surface area contributed by atoms with Gasteiger partial charge in [-0.3, -0.25) is 9.69 Å². The Morgan fingerprint density at radius 2 is 1.61 bits per heavy atom. The van der Waals surface area contributed by atoms with Crippen LogP contribution in [0.2, 0.25) is 0 Å². The average Bonchev–Trinajstić information content (AvgIpc) is 3.24. The normalized spacial score (nSPS) is 21.6. The highest BCUT2D eigenvalue weighted by Gasteiger charge is 2.30. The molecule has 1 unspecified atom stereocenters. The van der Waals surface area contributed by atoms with E-state index in [-0.39, 0.29) is 11.8 Å². The zero-order valence-corrected chi connectivity index (χ0v) is 22.6. The van der Waals surface area contributed by atoms with Crippen molar-refractivity contribution < 1.29 is 9.59 Å². The van der Waals surface area contributed by atoms with Crippen molar-refractivity contribution in [2.45, 2.75) is 70.4 Å². The van der Waals surface area contributed by atoms with Crippen LogP contribution in [0.3, 0.4) is 0 Å². The maximum atomic E-state index is 12.8. The number of hydrogen-bond acceptors (Lipinski definition) is 7. The third-order valence-corrected chi connectivity index (χ3v) is 8.17. The molecule has 3 aliphatic rings. The number of urea groups is 1. The molecule has 1 aromatic carbocycles. The Bertz CT molecular complexity index is 1080. The summed E-state index contributed by atoms with van der Waals surface area (Å²) in [5.41, 5.74) is 1.36. The number of carbonyl (C=O) groups excluding carboxylic acids is 2. The van der Waals surface area contributed by atoms with E-state index in [0.717, 1.165) is 76.7 Å². The lowest BCUT2D eigenvalue weighted by Crippen LogP contribution is -2.52. The van der Waals surface area contributed by atoms with Crippen molar-refractivity contribution in [3.05, 3.63) is 42.1 Å². The van der Waals surface area contributed by atoms with Gasteiger partial charge >= 0.3 is 6.03 Å². The Kier molecular flexibility index (Phi) is 8.73. The zero-order chi connectivity index (χ0) is 26.3. The lowest BCUT2D eigenvalue weighted by Gasteiger charge is -2.42. The predicted molar refractivity (Wildman–Crippen MR) is 151 cm³/mol. The van der Waals surface area contributed by atoms with Gasteiger partial charge in [0.15, 0.2) is 5.78 Å². The number of likely N-dealkylation sites (tertiary alicyclic amines) is 2. The lowest BCUT2D eigenvalue weighted by atomic mass is 9.98. The molecule has 2 N–H and O–H groups in total. The molecule has 4 heterocycles. The summed E-state index contributed by atoms with van der Waals surface area (Å²) in [4.78, 5) is 40.6. The molecule has 204 valence electrons. The number of nitrogens with one attached hydrogen (secondary N) is 2. The summed E-state index contributed by atoms with van der Waals surface area (Å²) in [6, 6.07) is 9.87. The molecule has 0 saturated carbocycles. The molecular weight excluding hydrogens is 478 g/mol. The third kappa shape index (κ3) is 6.81. The number of benzene rings is 1. The van der Waals surface area contributed by atoms with Gasteiger partial charge in [-0.25, -0.2) is 9.78 Å². The van der Waals surface area contributed by atoms with Gasteiger partial charge in [-0.2, -0.15) is 4.98 Å². The zero-order valence-electron chi connectivity index (χ0n) is 22.6. The molecule has 3 fully saturated rings. The van der Waals surface area contributed by atoms with Crippen LogP contribution in [0.25, 0.3) is 0 Å². The Morgan fingerprint density at radius 3 is 2.32 bits per heavy atom. The number of amides is 2. The van der Waals surface area contributed by atoms with Crippen molar-refractivity contribution in [2.75, 3.05) is 54.8 Å². The van der Waals surface area contributed by atoms with Crippen molar-refractivity contribution in [3.8, 4) is 0 Å². The van der Waals surface area contributed by atoms with Crippen LogP contribution in [0.4, 0.5) is 22.2 Å². The summed E-state index contributed by atoms with van der Waals surface area (Å²) in [7, 11) is 0. The van der Waals surface area contributed by atoms with Crippen LogP contribution in [-0.2, 0) is 0 Å². The van der Waals surface area contributed by atoms with Crippen LogP contribution in [0.1, 0.15) is 68.6 Å². The molecule has 2 amide bonds.